The summed E-state index contributed by atoms with van der Waals surface area (Å²) >= 11 is 0. The highest BCUT2D eigenvalue weighted by Crippen LogP contribution is 2.25. The Kier molecular flexibility index (Phi) is 8.02. The third-order valence-electron chi connectivity index (χ3n) is 6.05. The molecule has 2 aliphatic heterocycles. The Morgan fingerprint density at radius 1 is 1.07 bits per heavy atom. The summed E-state index contributed by atoms with van der Waals surface area (Å²) in [6.07, 6.45) is 4.70. The van der Waals surface area contributed by atoms with E-state index in [4.69, 9.17) is 10.1 Å². The Balaban J connectivity index is 1.67. The van der Waals surface area contributed by atoms with E-state index in [2.05, 4.69) is 14.8 Å². The number of likely N-dealkylation sites (tertiary alicyclic amines) is 1. The molecule has 0 spiro atoms. The van der Waals surface area contributed by atoms with E-state index >= 15 is 0 Å². The van der Waals surface area contributed by atoms with Gasteiger partial charge in [0, 0.05) is 39.4 Å². The zero-order chi connectivity index (χ0) is 20.8. The molecule has 1 aromatic heterocycles. The van der Waals surface area contributed by atoms with Crippen LogP contribution in [0.25, 0.3) is 0 Å². The van der Waals surface area contributed by atoms with Crippen LogP contribution in [0.4, 0.5) is 11.8 Å². The van der Waals surface area contributed by atoms with Crippen LogP contribution in [0, 0.1) is 0 Å². The molecule has 0 bridgehead atoms. The molecule has 4 N–H and O–H groups in total. The molecule has 2 saturated heterocycles. The number of nitrogens with zero attached hydrogens (tertiary/aromatic N) is 5. The second-order valence-electron chi connectivity index (χ2n) is 8.15. The molecule has 3 rings (SSSR count). The zero-order valence-electron chi connectivity index (χ0n) is 17.3. The zero-order valence-corrected chi connectivity index (χ0v) is 17.3. The Morgan fingerprint density at radius 3 is 2.48 bits per heavy atom. The van der Waals surface area contributed by atoms with Crippen LogP contribution >= 0.6 is 0 Å². The highest BCUT2D eigenvalue weighted by molar-refractivity contribution is 5.44. The molecule has 0 saturated carbocycles. The van der Waals surface area contributed by atoms with Crippen LogP contribution in [0.15, 0.2) is 12.3 Å². The van der Waals surface area contributed by atoms with Crippen molar-refractivity contribution in [3.8, 4) is 0 Å². The standard InChI is InChI=1S/C20H35N5O4/c1-23(18-7-6-12-25(18)13-15(27)19(29)16(28)14-26)20-21-9-8-17(22-20)24-10-4-2-3-5-11-24/h8-9,15-16,18-19,26-29H,2-7,10-14H2,1H3/t15-,16+,18?,19-/m0/s1. The summed E-state index contributed by atoms with van der Waals surface area (Å²) in [5.41, 5.74) is 0. The van der Waals surface area contributed by atoms with Crippen molar-refractivity contribution < 1.29 is 20.4 Å². The van der Waals surface area contributed by atoms with Crippen LogP contribution in [-0.2, 0) is 0 Å². The van der Waals surface area contributed by atoms with Crippen molar-refractivity contribution in [1.82, 2.24) is 14.9 Å². The fourth-order valence-electron chi connectivity index (χ4n) is 4.29. The largest absolute Gasteiger partial charge is 0.394 e. The topological polar surface area (TPSA) is 116 Å². The number of aliphatic hydroxyl groups excluding tert-OH is 4. The van der Waals surface area contributed by atoms with Gasteiger partial charge in [-0.3, -0.25) is 4.90 Å². The van der Waals surface area contributed by atoms with Crippen molar-refractivity contribution in [3.63, 3.8) is 0 Å². The van der Waals surface area contributed by atoms with Gasteiger partial charge >= 0.3 is 0 Å². The molecule has 2 fully saturated rings. The molecule has 9 nitrogen and oxygen atoms in total. The predicted molar refractivity (Wildman–Crippen MR) is 111 cm³/mol. The fraction of sp³-hybridized carbons (Fsp3) is 0.800. The van der Waals surface area contributed by atoms with Gasteiger partial charge in [0.1, 0.15) is 18.0 Å². The number of hydrogen-bond donors (Lipinski definition) is 4. The molecule has 0 aliphatic carbocycles. The van der Waals surface area contributed by atoms with E-state index in [9.17, 15) is 15.3 Å². The first-order valence-corrected chi connectivity index (χ1v) is 10.7. The molecule has 3 heterocycles. The maximum absolute atomic E-state index is 10.3. The van der Waals surface area contributed by atoms with Gasteiger partial charge in [0.15, 0.2) is 0 Å². The van der Waals surface area contributed by atoms with Gasteiger partial charge in [-0.2, -0.15) is 4.98 Å². The Labute approximate surface area is 172 Å². The summed E-state index contributed by atoms with van der Waals surface area (Å²) in [7, 11) is 1.95. The monoisotopic (exact) mass is 409 g/mol. The number of β-amino-alcohol motifs (C(OH)–C–C–N with tert-alkyl or cyclic N) is 1. The molecular formula is C20H35N5O4. The van der Waals surface area contributed by atoms with Gasteiger partial charge in [-0.15, -0.1) is 0 Å². The van der Waals surface area contributed by atoms with E-state index in [1.54, 1.807) is 6.20 Å². The Bertz CT molecular complexity index is 629. The van der Waals surface area contributed by atoms with E-state index in [0.29, 0.717) is 5.95 Å². The van der Waals surface area contributed by atoms with Crippen LogP contribution in [0.1, 0.15) is 38.5 Å². The summed E-state index contributed by atoms with van der Waals surface area (Å²) in [6.45, 7) is 2.44. The summed E-state index contributed by atoms with van der Waals surface area (Å²) in [4.78, 5) is 15.7. The van der Waals surface area contributed by atoms with Crippen molar-refractivity contribution in [2.75, 3.05) is 49.6 Å². The highest BCUT2D eigenvalue weighted by atomic mass is 16.4. The van der Waals surface area contributed by atoms with Crippen molar-refractivity contribution in [2.24, 2.45) is 0 Å². The minimum absolute atomic E-state index is 0.00232. The Hall–Kier alpha value is -1.52. The van der Waals surface area contributed by atoms with E-state index < -0.39 is 24.9 Å². The number of anilines is 2. The van der Waals surface area contributed by atoms with Gasteiger partial charge < -0.3 is 30.2 Å². The Morgan fingerprint density at radius 2 is 1.79 bits per heavy atom. The lowest BCUT2D eigenvalue weighted by Gasteiger charge is -2.35. The number of aromatic nitrogens is 2. The molecule has 0 amide bonds. The SMILES string of the molecule is CN(c1nccc(N2CCCCCC2)n1)C1CCCN1C[C@H](O)[C@H](O)[C@H](O)CO. The van der Waals surface area contributed by atoms with Crippen LogP contribution in [0.3, 0.4) is 0 Å². The van der Waals surface area contributed by atoms with Gasteiger partial charge in [-0.1, -0.05) is 12.8 Å². The lowest BCUT2D eigenvalue weighted by atomic mass is 10.1. The normalized spacial score (nSPS) is 24.2. The van der Waals surface area contributed by atoms with Crippen molar-refractivity contribution >= 4 is 11.8 Å². The van der Waals surface area contributed by atoms with Gasteiger partial charge in [0.25, 0.3) is 0 Å². The number of rotatable bonds is 8. The first kappa shape index (κ1) is 22.2. The molecule has 4 atom stereocenters. The fourth-order valence-corrected chi connectivity index (χ4v) is 4.29. The molecule has 0 aromatic carbocycles. The van der Waals surface area contributed by atoms with Crippen LogP contribution < -0.4 is 9.80 Å². The van der Waals surface area contributed by atoms with Crippen molar-refractivity contribution in [2.45, 2.75) is 63.0 Å². The van der Waals surface area contributed by atoms with Crippen LogP contribution in [-0.4, -0.2) is 99.6 Å². The quantitative estimate of drug-likeness (QED) is 0.463. The average molecular weight is 410 g/mol. The van der Waals surface area contributed by atoms with Gasteiger partial charge in [0.05, 0.1) is 18.9 Å². The second-order valence-corrected chi connectivity index (χ2v) is 8.15. The van der Waals surface area contributed by atoms with E-state index in [-0.39, 0.29) is 12.7 Å². The van der Waals surface area contributed by atoms with Gasteiger partial charge in [0.2, 0.25) is 5.95 Å². The minimum atomic E-state index is -1.38. The third kappa shape index (κ3) is 5.55. The van der Waals surface area contributed by atoms with Crippen LogP contribution in [0.5, 0.6) is 0 Å². The molecule has 2 aliphatic rings. The molecule has 9 heteroatoms. The molecule has 1 aromatic rings. The first-order chi connectivity index (χ1) is 14.0. The lowest BCUT2D eigenvalue weighted by molar-refractivity contribution is -0.0848. The summed E-state index contributed by atoms with van der Waals surface area (Å²) in [5, 5.41) is 38.8. The number of aliphatic hydroxyl groups is 4. The molecule has 1 unspecified atom stereocenters. The maximum Gasteiger partial charge on any atom is 0.228 e. The third-order valence-corrected chi connectivity index (χ3v) is 6.05. The van der Waals surface area contributed by atoms with Crippen molar-refractivity contribution in [1.29, 1.82) is 0 Å². The average Bonchev–Trinajstić information content (AvgIpc) is 3.03. The molecule has 164 valence electrons. The maximum atomic E-state index is 10.3. The summed E-state index contributed by atoms with van der Waals surface area (Å²) in [6, 6.07) is 1.96. The predicted octanol–water partition coefficient (Wildman–Crippen LogP) is -0.210. The molecular weight excluding hydrogens is 374 g/mol. The van der Waals surface area contributed by atoms with Gasteiger partial charge in [-0.25, -0.2) is 4.98 Å². The number of hydrogen-bond acceptors (Lipinski definition) is 9. The van der Waals surface area contributed by atoms with E-state index in [1.807, 2.05) is 18.0 Å². The second kappa shape index (κ2) is 10.5. The van der Waals surface area contributed by atoms with Crippen LogP contribution in [0.2, 0.25) is 0 Å². The smallest absolute Gasteiger partial charge is 0.228 e. The minimum Gasteiger partial charge on any atom is -0.394 e. The molecule has 29 heavy (non-hydrogen) atoms. The summed E-state index contributed by atoms with van der Waals surface area (Å²) < 4.78 is 0. The lowest BCUT2D eigenvalue weighted by Crippen LogP contribution is -2.50. The van der Waals surface area contributed by atoms with Crippen molar-refractivity contribution in [3.05, 3.63) is 12.3 Å². The molecule has 0 radical (unpaired) electrons. The summed E-state index contributed by atoms with van der Waals surface area (Å²) in [5.74, 6) is 1.60. The van der Waals surface area contributed by atoms with E-state index in [0.717, 1.165) is 38.3 Å². The first-order valence-electron chi connectivity index (χ1n) is 10.7. The highest BCUT2D eigenvalue weighted by Gasteiger charge is 2.34. The van der Waals surface area contributed by atoms with Gasteiger partial charge in [-0.05, 0) is 31.7 Å². The van der Waals surface area contributed by atoms with E-state index in [1.165, 1.54) is 25.7 Å².